The van der Waals surface area contributed by atoms with Gasteiger partial charge in [-0.1, -0.05) is 44.2 Å². The zero-order chi connectivity index (χ0) is 19.5. The SMILES string of the molecule is CC(C)c1cnc2c(N[C@@H](C)c3ccccc3)cc(NC3CCNCC3)nn12. The molecule has 0 radical (unpaired) electrons. The predicted octanol–water partition coefficient (Wildman–Crippen LogP) is 4.19. The maximum absolute atomic E-state index is 4.87. The molecule has 148 valence electrons. The molecule has 0 aliphatic carbocycles. The van der Waals surface area contributed by atoms with E-state index in [1.165, 1.54) is 5.56 Å². The van der Waals surface area contributed by atoms with Gasteiger partial charge in [0, 0.05) is 18.2 Å². The van der Waals surface area contributed by atoms with Crippen molar-refractivity contribution >= 4 is 17.2 Å². The molecule has 28 heavy (non-hydrogen) atoms. The number of nitrogens with one attached hydrogen (secondary N) is 3. The summed E-state index contributed by atoms with van der Waals surface area (Å²) in [6, 6.07) is 13.2. The Balaban J connectivity index is 1.68. The van der Waals surface area contributed by atoms with Crippen molar-refractivity contribution in [3.8, 4) is 0 Å². The van der Waals surface area contributed by atoms with Crippen LogP contribution in [0.2, 0.25) is 0 Å². The lowest BCUT2D eigenvalue weighted by atomic mass is 10.1. The molecule has 1 atom stereocenters. The Bertz CT molecular complexity index is 911. The molecular formula is C22H30N6. The number of hydrogen-bond donors (Lipinski definition) is 3. The Kier molecular flexibility index (Phi) is 5.48. The number of rotatable bonds is 6. The first kappa shape index (κ1) is 18.7. The van der Waals surface area contributed by atoms with E-state index in [0.717, 1.165) is 48.8 Å². The summed E-state index contributed by atoms with van der Waals surface area (Å²) in [7, 11) is 0. The standard InChI is InChI=1S/C22H30N6/c1-15(2)20-14-24-22-19(25-16(3)17-7-5-4-6-8-17)13-21(27-28(20)22)26-18-9-11-23-12-10-18/h4-8,13-16,18,23,25H,9-12H2,1-3H3,(H,26,27)/t16-/m0/s1. The zero-order valence-corrected chi connectivity index (χ0v) is 16.9. The van der Waals surface area contributed by atoms with Crippen LogP contribution < -0.4 is 16.0 Å². The summed E-state index contributed by atoms with van der Waals surface area (Å²) in [5, 5.41) is 15.6. The van der Waals surface area contributed by atoms with Crippen molar-refractivity contribution in [1.29, 1.82) is 0 Å². The Morgan fingerprint density at radius 2 is 1.86 bits per heavy atom. The van der Waals surface area contributed by atoms with Gasteiger partial charge in [0.05, 0.1) is 17.6 Å². The maximum Gasteiger partial charge on any atom is 0.177 e. The molecule has 0 saturated carbocycles. The normalized spacial score (nSPS) is 16.4. The van der Waals surface area contributed by atoms with E-state index < -0.39 is 0 Å². The third-order valence-corrected chi connectivity index (χ3v) is 5.45. The molecule has 0 unspecified atom stereocenters. The molecule has 1 fully saturated rings. The van der Waals surface area contributed by atoms with Crippen molar-refractivity contribution in [1.82, 2.24) is 19.9 Å². The molecule has 0 spiro atoms. The molecule has 6 nitrogen and oxygen atoms in total. The van der Waals surface area contributed by atoms with Crippen LogP contribution in [0.5, 0.6) is 0 Å². The maximum atomic E-state index is 4.87. The molecule has 3 N–H and O–H groups in total. The first-order chi connectivity index (χ1) is 13.6. The van der Waals surface area contributed by atoms with Gasteiger partial charge in [0.2, 0.25) is 0 Å². The molecule has 6 heteroatoms. The van der Waals surface area contributed by atoms with E-state index in [1.54, 1.807) is 0 Å². The summed E-state index contributed by atoms with van der Waals surface area (Å²) in [5.41, 5.74) is 4.26. The molecule has 3 aromatic rings. The highest BCUT2D eigenvalue weighted by Crippen LogP contribution is 2.27. The van der Waals surface area contributed by atoms with E-state index >= 15 is 0 Å². The van der Waals surface area contributed by atoms with Gasteiger partial charge in [0.25, 0.3) is 0 Å². The quantitative estimate of drug-likeness (QED) is 0.600. The molecule has 0 amide bonds. The molecule has 1 aliphatic rings. The van der Waals surface area contributed by atoms with Crippen LogP contribution in [0.1, 0.15) is 56.8 Å². The van der Waals surface area contributed by atoms with E-state index in [-0.39, 0.29) is 6.04 Å². The summed E-state index contributed by atoms with van der Waals surface area (Å²) in [4.78, 5) is 4.67. The lowest BCUT2D eigenvalue weighted by Crippen LogP contribution is -2.35. The van der Waals surface area contributed by atoms with Gasteiger partial charge in [0.1, 0.15) is 5.82 Å². The number of nitrogens with zero attached hydrogens (tertiary/aromatic N) is 3. The first-order valence-corrected chi connectivity index (χ1v) is 10.3. The minimum Gasteiger partial charge on any atom is -0.375 e. The average Bonchev–Trinajstić information content (AvgIpc) is 3.14. The van der Waals surface area contributed by atoms with Crippen molar-refractivity contribution in [3.05, 3.63) is 53.9 Å². The molecule has 1 aliphatic heterocycles. The van der Waals surface area contributed by atoms with Crippen molar-refractivity contribution in [2.45, 2.75) is 51.6 Å². The topological polar surface area (TPSA) is 66.3 Å². The highest BCUT2D eigenvalue weighted by molar-refractivity contribution is 5.71. The van der Waals surface area contributed by atoms with Gasteiger partial charge in [-0.25, -0.2) is 9.50 Å². The largest absolute Gasteiger partial charge is 0.375 e. The van der Waals surface area contributed by atoms with E-state index in [1.807, 2.05) is 16.8 Å². The van der Waals surface area contributed by atoms with Crippen LogP contribution in [-0.4, -0.2) is 33.7 Å². The fraction of sp³-hybridized carbons (Fsp3) is 0.455. The van der Waals surface area contributed by atoms with Crippen LogP contribution >= 0.6 is 0 Å². The number of piperidine rings is 1. The van der Waals surface area contributed by atoms with Crippen molar-refractivity contribution < 1.29 is 0 Å². The third-order valence-electron chi connectivity index (χ3n) is 5.45. The van der Waals surface area contributed by atoms with Gasteiger partial charge in [0.15, 0.2) is 5.65 Å². The van der Waals surface area contributed by atoms with Gasteiger partial charge in [-0.05, 0) is 44.3 Å². The predicted molar refractivity (Wildman–Crippen MR) is 115 cm³/mol. The number of benzene rings is 1. The fourth-order valence-electron chi connectivity index (χ4n) is 3.79. The number of aromatic nitrogens is 3. The first-order valence-electron chi connectivity index (χ1n) is 10.3. The van der Waals surface area contributed by atoms with Crippen LogP contribution in [0.3, 0.4) is 0 Å². The van der Waals surface area contributed by atoms with Crippen LogP contribution in [0, 0.1) is 0 Å². The highest BCUT2D eigenvalue weighted by atomic mass is 15.3. The third kappa shape index (κ3) is 3.97. The number of anilines is 2. The van der Waals surface area contributed by atoms with E-state index in [0.29, 0.717) is 12.0 Å². The van der Waals surface area contributed by atoms with Crippen molar-refractivity contribution in [3.63, 3.8) is 0 Å². The Labute approximate surface area is 166 Å². The van der Waals surface area contributed by atoms with E-state index in [9.17, 15) is 0 Å². The molecule has 3 heterocycles. The van der Waals surface area contributed by atoms with E-state index in [4.69, 9.17) is 5.10 Å². The fourth-order valence-corrected chi connectivity index (χ4v) is 3.79. The summed E-state index contributed by atoms with van der Waals surface area (Å²) in [6.45, 7) is 8.64. The molecule has 1 aromatic carbocycles. The molecule has 0 bridgehead atoms. The summed E-state index contributed by atoms with van der Waals surface area (Å²) >= 11 is 0. The Hall–Kier alpha value is -2.60. The number of fused-ring (bicyclic) bond motifs is 1. The Morgan fingerprint density at radius 3 is 2.57 bits per heavy atom. The van der Waals surface area contributed by atoms with Gasteiger partial charge in [-0.15, -0.1) is 5.10 Å². The molecule has 4 rings (SSSR count). The molecular weight excluding hydrogens is 348 g/mol. The highest BCUT2D eigenvalue weighted by Gasteiger charge is 2.18. The van der Waals surface area contributed by atoms with Gasteiger partial charge < -0.3 is 16.0 Å². The number of imidazole rings is 1. The molecule has 1 saturated heterocycles. The minimum absolute atomic E-state index is 0.179. The zero-order valence-electron chi connectivity index (χ0n) is 16.9. The monoisotopic (exact) mass is 378 g/mol. The van der Waals surface area contributed by atoms with Crippen LogP contribution in [0.4, 0.5) is 11.5 Å². The minimum atomic E-state index is 0.179. The Morgan fingerprint density at radius 1 is 1.11 bits per heavy atom. The smallest absolute Gasteiger partial charge is 0.177 e. The van der Waals surface area contributed by atoms with Gasteiger partial charge in [-0.2, -0.15) is 0 Å². The lowest BCUT2D eigenvalue weighted by molar-refractivity contribution is 0.477. The van der Waals surface area contributed by atoms with Crippen LogP contribution in [0.25, 0.3) is 5.65 Å². The second kappa shape index (κ2) is 8.19. The van der Waals surface area contributed by atoms with Crippen molar-refractivity contribution in [2.75, 3.05) is 23.7 Å². The lowest BCUT2D eigenvalue weighted by Gasteiger charge is -2.25. The van der Waals surface area contributed by atoms with Gasteiger partial charge in [-0.3, -0.25) is 0 Å². The van der Waals surface area contributed by atoms with E-state index in [2.05, 4.69) is 72.0 Å². The van der Waals surface area contributed by atoms with Crippen LogP contribution in [-0.2, 0) is 0 Å². The molecule has 2 aromatic heterocycles. The summed E-state index contributed by atoms with van der Waals surface area (Å²) in [5.74, 6) is 1.26. The van der Waals surface area contributed by atoms with Crippen LogP contribution in [0.15, 0.2) is 42.6 Å². The van der Waals surface area contributed by atoms with Crippen molar-refractivity contribution in [2.24, 2.45) is 0 Å². The second-order valence-electron chi connectivity index (χ2n) is 7.96. The summed E-state index contributed by atoms with van der Waals surface area (Å²) < 4.78 is 1.99. The average molecular weight is 379 g/mol. The van der Waals surface area contributed by atoms with Gasteiger partial charge >= 0.3 is 0 Å². The number of hydrogen-bond acceptors (Lipinski definition) is 5. The summed E-state index contributed by atoms with van der Waals surface area (Å²) in [6.07, 6.45) is 4.17. The second-order valence-corrected chi connectivity index (χ2v) is 7.96.